The van der Waals surface area contributed by atoms with Gasteiger partial charge in [-0.1, -0.05) is 93.5 Å². The van der Waals surface area contributed by atoms with Crippen LogP contribution in [0.4, 0.5) is 11.4 Å². The van der Waals surface area contributed by atoms with Crippen LogP contribution in [0.2, 0.25) is 0 Å². The summed E-state index contributed by atoms with van der Waals surface area (Å²) >= 11 is 0. The minimum Gasteiger partial charge on any atom is -0.492 e. The predicted molar refractivity (Wildman–Crippen MR) is 243 cm³/mol. The Morgan fingerprint density at radius 3 is 1.42 bits per heavy atom. The normalized spacial score (nSPS) is 11.8. The van der Waals surface area contributed by atoms with Gasteiger partial charge in [-0.25, -0.2) is 0 Å². The summed E-state index contributed by atoms with van der Waals surface area (Å²) in [5.74, 6) is 15.5. The van der Waals surface area contributed by atoms with Crippen molar-refractivity contribution in [1.82, 2.24) is 0 Å². The molecular formula is C54H52N2O3. The molecule has 0 unspecified atom stereocenters. The molecule has 0 spiro atoms. The Morgan fingerprint density at radius 2 is 0.966 bits per heavy atom. The number of hydrogen-bond acceptors (Lipinski definition) is 5. The van der Waals surface area contributed by atoms with Gasteiger partial charge < -0.3 is 20.1 Å². The van der Waals surface area contributed by atoms with Gasteiger partial charge in [0.25, 0.3) is 0 Å². The maximum atomic E-state index is 10.9. The maximum absolute atomic E-state index is 10.9. The van der Waals surface area contributed by atoms with E-state index >= 15 is 0 Å². The van der Waals surface area contributed by atoms with Gasteiger partial charge in [-0.15, -0.1) is 0 Å². The lowest BCUT2D eigenvalue weighted by molar-refractivity contribution is 0.112. The lowest BCUT2D eigenvalue weighted by Crippen LogP contribution is -2.25. The van der Waals surface area contributed by atoms with Crippen LogP contribution in [0.5, 0.6) is 11.5 Å². The second kappa shape index (κ2) is 20.1. The number of ether oxygens (including phenoxy) is 2. The summed E-state index contributed by atoms with van der Waals surface area (Å²) in [7, 11) is 0. The Hall–Kier alpha value is -6.69. The Balaban J connectivity index is 1.03. The molecule has 0 bridgehead atoms. The topological polar surface area (TPSA) is 59.6 Å². The number of anilines is 2. The molecule has 6 aromatic carbocycles. The number of para-hydroxylation sites is 1. The van der Waals surface area contributed by atoms with Crippen LogP contribution in [-0.4, -0.2) is 32.6 Å². The summed E-state index contributed by atoms with van der Waals surface area (Å²) in [5.41, 5.74) is 12.1. The average Bonchev–Trinajstić information content (AvgIpc) is 3.55. The Kier molecular flexibility index (Phi) is 13.8. The van der Waals surface area contributed by atoms with Crippen LogP contribution in [0.1, 0.15) is 96.1 Å². The molecule has 0 aliphatic heterocycles. The van der Waals surface area contributed by atoms with Crippen LogP contribution < -0.4 is 20.1 Å². The molecule has 2 N–H and O–H groups in total. The minimum atomic E-state index is -0.0698. The first-order chi connectivity index (χ1) is 29.1. The predicted octanol–water partition coefficient (Wildman–Crippen LogP) is 11.9. The Morgan fingerprint density at radius 1 is 0.525 bits per heavy atom. The standard InChI is InChI=1S/C54H52N2O3/c1-3-5-32-54(33-6-4-2)52-38-43(14-12-41-16-24-46(25-17-41)55-34-36-58-48-10-8-7-9-11-48)22-30-50(52)51-31-23-44(39-53(51)54)15-13-42-18-26-47(27-19-42)56-35-37-59-49-28-20-45(40-57)21-29-49/h7-11,16-31,38-40,55-56H,3-6,32-37H2,1-2H3. The minimum absolute atomic E-state index is 0.0698. The second-order valence-corrected chi connectivity index (χ2v) is 15.0. The molecule has 1 aliphatic rings. The van der Waals surface area contributed by atoms with Crippen LogP contribution in [0.25, 0.3) is 11.1 Å². The average molecular weight is 777 g/mol. The van der Waals surface area contributed by atoms with Crippen molar-refractivity contribution >= 4 is 17.7 Å². The van der Waals surface area contributed by atoms with E-state index in [1.165, 1.54) is 22.3 Å². The van der Waals surface area contributed by atoms with Gasteiger partial charge in [0.1, 0.15) is 31.0 Å². The SMILES string of the molecule is CCCCC1(CCCC)c2cc(C#Cc3ccc(NCCOc4ccccc4)cc3)ccc2-c2ccc(C#Cc3ccc(NCCOc4ccc(C=O)cc4)cc3)cc21. The van der Waals surface area contributed by atoms with Crippen molar-refractivity contribution in [3.8, 4) is 46.3 Å². The van der Waals surface area contributed by atoms with Crippen LogP contribution in [0.15, 0.2) is 140 Å². The summed E-state index contributed by atoms with van der Waals surface area (Å²) < 4.78 is 11.6. The van der Waals surface area contributed by atoms with E-state index < -0.39 is 0 Å². The number of rotatable bonds is 17. The monoisotopic (exact) mass is 776 g/mol. The number of fused-ring (bicyclic) bond motifs is 3. The number of carbonyl (C=O) groups is 1. The number of hydrogen-bond donors (Lipinski definition) is 2. The van der Waals surface area contributed by atoms with Crippen LogP contribution in [0.3, 0.4) is 0 Å². The smallest absolute Gasteiger partial charge is 0.150 e. The van der Waals surface area contributed by atoms with Crippen LogP contribution >= 0.6 is 0 Å². The zero-order valence-electron chi connectivity index (χ0n) is 34.2. The summed E-state index contributed by atoms with van der Waals surface area (Å²) in [6.45, 7) is 7.06. The van der Waals surface area contributed by atoms with Crippen LogP contribution in [-0.2, 0) is 5.41 Å². The van der Waals surface area contributed by atoms with Crippen molar-refractivity contribution in [2.75, 3.05) is 36.9 Å². The third kappa shape index (κ3) is 10.4. The molecule has 5 nitrogen and oxygen atoms in total. The fourth-order valence-electron chi connectivity index (χ4n) is 7.79. The molecule has 0 heterocycles. The molecule has 59 heavy (non-hydrogen) atoms. The zero-order valence-corrected chi connectivity index (χ0v) is 34.2. The van der Waals surface area contributed by atoms with Gasteiger partial charge in [0, 0.05) is 57.7 Å². The molecule has 0 radical (unpaired) electrons. The Bertz CT molecular complexity index is 2420. The van der Waals surface area contributed by atoms with Gasteiger partial charge in [-0.2, -0.15) is 0 Å². The van der Waals surface area contributed by atoms with Gasteiger partial charge in [0.15, 0.2) is 0 Å². The first-order valence-electron chi connectivity index (χ1n) is 20.9. The number of unbranched alkanes of at least 4 members (excludes halogenated alkanes) is 2. The van der Waals surface area contributed by atoms with E-state index in [1.54, 1.807) is 12.1 Å². The highest BCUT2D eigenvalue weighted by Crippen LogP contribution is 2.54. The van der Waals surface area contributed by atoms with Crippen molar-refractivity contribution < 1.29 is 14.3 Å². The van der Waals surface area contributed by atoms with Crippen molar-refractivity contribution in [2.45, 2.75) is 57.8 Å². The molecule has 1 aliphatic carbocycles. The van der Waals surface area contributed by atoms with Crippen molar-refractivity contribution in [2.24, 2.45) is 0 Å². The van der Waals surface area contributed by atoms with E-state index in [-0.39, 0.29) is 5.41 Å². The summed E-state index contributed by atoms with van der Waals surface area (Å²) in [4.78, 5) is 10.9. The lowest BCUT2D eigenvalue weighted by Gasteiger charge is -2.33. The number of nitrogens with one attached hydrogen (secondary N) is 2. The quantitative estimate of drug-likeness (QED) is 0.0549. The molecule has 0 fully saturated rings. The van der Waals surface area contributed by atoms with E-state index in [4.69, 9.17) is 9.47 Å². The number of aldehydes is 1. The summed E-state index contributed by atoms with van der Waals surface area (Å²) in [5, 5.41) is 6.85. The van der Waals surface area contributed by atoms with Crippen molar-refractivity contribution in [3.63, 3.8) is 0 Å². The van der Waals surface area contributed by atoms with Crippen LogP contribution in [0, 0.1) is 23.7 Å². The molecular weight excluding hydrogens is 725 g/mol. The van der Waals surface area contributed by atoms with Gasteiger partial charge in [-0.3, -0.25) is 4.79 Å². The fraction of sp³-hybridized carbons (Fsp3) is 0.241. The van der Waals surface area contributed by atoms with Crippen molar-refractivity contribution in [3.05, 3.63) is 178 Å². The van der Waals surface area contributed by atoms with E-state index in [0.717, 1.165) is 96.5 Å². The van der Waals surface area contributed by atoms with Gasteiger partial charge >= 0.3 is 0 Å². The maximum Gasteiger partial charge on any atom is 0.150 e. The zero-order chi connectivity index (χ0) is 40.7. The van der Waals surface area contributed by atoms with Gasteiger partial charge in [-0.05, 0) is 144 Å². The first kappa shape index (κ1) is 40.5. The molecule has 296 valence electrons. The molecule has 0 amide bonds. The second-order valence-electron chi connectivity index (χ2n) is 15.0. The first-order valence-corrected chi connectivity index (χ1v) is 20.9. The van der Waals surface area contributed by atoms with Gasteiger partial charge in [0.2, 0.25) is 0 Å². The van der Waals surface area contributed by atoms with E-state index in [9.17, 15) is 4.79 Å². The molecule has 0 atom stereocenters. The highest BCUT2D eigenvalue weighted by atomic mass is 16.5. The lowest BCUT2D eigenvalue weighted by atomic mass is 9.70. The number of benzene rings is 6. The summed E-state index contributed by atoms with van der Waals surface area (Å²) in [6, 6.07) is 47.3. The highest BCUT2D eigenvalue weighted by Gasteiger charge is 2.42. The molecule has 0 saturated carbocycles. The Labute approximate surface area is 350 Å². The third-order valence-corrected chi connectivity index (χ3v) is 10.9. The van der Waals surface area contributed by atoms with Gasteiger partial charge in [0.05, 0.1) is 0 Å². The molecule has 7 rings (SSSR count). The third-order valence-electron chi connectivity index (χ3n) is 10.9. The highest BCUT2D eigenvalue weighted by molar-refractivity contribution is 5.82. The molecule has 6 aromatic rings. The summed E-state index contributed by atoms with van der Waals surface area (Å²) in [6.07, 6.45) is 7.66. The largest absolute Gasteiger partial charge is 0.492 e. The fourth-order valence-corrected chi connectivity index (χ4v) is 7.79. The number of carbonyl (C=O) groups excluding carboxylic acids is 1. The molecule has 0 aromatic heterocycles. The molecule has 0 saturated heterocycles. The van der Waals surface area contributed by atoms with E-state index in [0.29, 0.717) is 25.3 Å². The molecule has 5 heteroatoms. The van der Waals surface area contributed by atoms with Crippen molar-refractivity contribution in [1.29, 1.82) is 0 Å². The van der Waals surface area contributed by atoms with E-state index in [2.05, 4.69) is 133 Å². The van der Waals surface area contributed by atoms with E-state index in [1.807, 2.05) is 42.5 Å².